The van der Waals surface area contributed by atoms with Gasteiger partial charge in [0, 0.05) is 17.5 Å². The number of hydrazine groups is 1. The fourth-order valence-corrected chi connectivity index (χ4v) is 1.78. The van der Waals surface area contributed by atoms with Crippen molar-refractivity contribution in [2.24, 2.45) is 5.84 Å². The van der Waals surface area contributed by atoms with E-state index in [1.54, 1.807) is 6.92 Å². The van der Waals surface area contributed by atoms with Gasteiger partial charge in [-0.1, -0.05) is 13.8 Å². The van der Waals surface area contributed by atoms with E-state index in [1.165, 1.54) is 0 Å². The van der Waals surface area contributed by atoms with Crippen LogP contribution in [-0.2, 0) is 0 Å². The molecule has 2 aromatic rings. The maximum Gasteiger partial charge on any atom is 0.148 e. The molecule has 0 bridgehead atoms. The Labute approximate surface area is 121 Å². The molecule has 7 heteroatoms. The fraction of sp³-hybridized carbons (Fsp3) is 0.286. The van der Waals surface area contributed by atoms with Crippen LogP contribution < -0.4 is 16.6 Å². The first kappa shape index (κ1) is 15.1. The van der Waals surface area contributed by atoms with Gasteiger partial charge in [0.15, 0.2) is 0 Å². The van der Waals surface area contributed by atoms with E-state index in [4.69, 9.17) is 5.84 Å². The molecular formula is C14H17F2N5. The summed E-state index contributed by atoms with van der Waals surface area (Å²) in [5.74, 6) is 5.76. The van der Waals surface area contributed by atoms with Gasteiger partial charge in [-0.2, -0.15) is 0 Å². The summed E-state index contributed by atoms with van der Waals surface area (Å²) in [6.07, 6.45) is 0. The zero-order valence-corrected chi connectivity index (χ0v) is 12.0. The molecule has 0 radical (unpaired) electrons. The molecule has 0 atom stereocenters. The summed E-state index contributed by atoms with van der Waals surface area (Å²) in [7, 11) is 0. The number of nitrogens with two attached hydrogens (primary N) is 1. The molecule has 0 aliphatic heterocycles. The molecule has 112 valence electrons. The Bertz CT molecular complexity index is 658. The lowest BCUT2D eigenvalue weighted by atomic mass is 10.2. The topological polar surface area (TPSA) is 75.9 Å². The number of rotatable bonds is 4. The lowest BCUT2D eigenvalue weighted by Gasteiger charge is -2.15. The SMILES string of the molecule is Cc1c(NN)nc(C(C)C)nc1Nc1cc(F)ccc1F. The van der Waals surface area contributed by atoms with Crippen molar-refractivity contribution >= 4 is 17.3 Å². The smallest absolute Gasteiger partial charge is 0.148 e. The molecule has 0 amide bonds. The predicted molar refractivity (Wildman–Crippen MR) is 78.3 cm³/mol. The zero-order chi connectivity index (χ0) is 15.6. The molecule has 4 N–H and O–H groups in total. The van der Waals surface area contributed by atoms with Crippen molar-refractivity contribution in [3.05, 3.63) is 41.2 Å². The highest BCUT2D eigenvalue weighted by Crippen LogP contribution is 2.26. The molecule has 0 fully saturated rings. The van der Waals surface area contributed by atoms with E-state index in [-0.39, 0.29) is 11.6 Å². The van der Waals surface area contributed by atoms with Crippen LogP contribution in [0.4, 0.5) is 26.1 Å². The fourth-order valence-electron chi connectivity index (χ4n) is 1.78. The number of benzene rings is 1. The highest BCUT2D eigenvalue weighted by atomic mass is 19.1. The summed E-state index contributed by atoms with van der Waals surface area (Å²) in [4.78, 5) is 8.62. The van der Waals surface area contributed by atoms with Crippen LogP contribution in [0.15, 0.2) is 18.2 Å². The second kappa shape index (κ2) is 6.01. The molecule has 1 heterocycles. The number of anilines is 3. The van der Waals surface area contributed by atoms with Crippen molar-refractivity contribution in [2.75, 3.05) is 10.7 Å². The molecule has 0 saturated carbocycles. The Morgan fingerprint density at radius 1 is 1.14 bits per heavy atom. The first-order valence-electron chi connectivity index (χ1n) is 6.49. The van der Waals surface area contributed by atoms with E-state index < -0.39 is 11.6 Å². The maximum atomic E-state index is 13.7. The Kier molecular flexibility index (Phi) is 4.32. The van der Waals surface area contributed by atoms with Crippen LogP contribution in [0, 0.1) is 18.6 Å². The van der Waals surface area contributed by atoms with Crippen molar-refractivity contribution < 1.29 is 8.78 Å². The van der Waals surface area contributed by atoms with Crippen LogP contribution in [-0.4, -0.2) is 9.97 Å². The highest BCUT2D eigenvalue weighted by molar-refractivity contribution is 5.65. The maximum absolute atomic E-state index is 13.7. The van der Waals surface area contributed by atoms with Crippen molar-refractivity contribution in [3.8, 4) is 0 Å². The van der Waals surface area contributed by atoms with Crippen LogP contribution in [0.1, 0.15) is 31.2 Å². The lowest BCUT2D eigenvalue weighted by molar-refractivity contribution is 0.603. The largest absolute Gasteiger partial charge is 0.337 e. The summed E-state index contributed by atoms with van der Waals surface area (Å²) in [5, 5.41) is 2.79. The average molecular weight is 293 g/mol. The number of nitrogens with one attached hydrogen (secondary N) is 2. The number of nitrogen functional groups attached to an aromatic ring is 1. The van der Waals surface area contributed by atoms with Crippen LogP contribution in [0.3, 0.4) is 0 Å². The van der Waals surface area contributed by atoms with Crippen molar-refractivity contribution in [1.82, 2.24) is 9.97 Å². The molecule has 0 spiro atoms. The third-order valence-electron chi connectivity index (χ3n) is 3.00. The molecule has 1 aromatic heterocycles. The molecule has 2 rings (SSSR count). The van der Waals surface area contributed by atoms with E-state index in [2.05, 4.69) is 20.7 Å². The summed E-state index contributed by atoms with van der Waals surface area (Å²) >= 11 is 0. The summed E-state index contributed by atoms with van der Waals surface area (Å²) in [6.45, 7) is 5.59. The minimum atomic E-state index is -0.567. The molecule has 0 saturated heterocycles. The average Bonchev–Trinajstić information content (AvgIpc) is 2.44. The first-order chi connectivity index (χ1) is 9.92. The molecule has 0 unspecified atom stereocenters. The molecule has 0 aliphatic rings. The zero-order valence-electron chi connectivity index (χ0n) is 12.0. The Morgan fingerprint density at radius 2 is 1.81 bits per heavy atom. The van der Waals surface area contributed by atoms with Gasteiger partial charge in [0.05, 0.1) is 5.69 Å². The summed E-state index contributed by atoms with van der Waals surface area (Å²) < 4.78 is 26.9. The van der Waals surface area contributed by atoms with Gasteiger partial charge in [-0.25, -0.2) is 24.6 Å². The standard InChI is InChI=1S/C14H17F2N5/c1-7(2)12-19-13(8(3)14(20-12)21-17)18-11-6-9(15)4-5-10(11)16/h4-7H,17H2,1-3H3,(H2,18,19,20,21). The van der Waals surface area contributed by atoms with Crippen molar-refractivity contribution in [2.45, 2.75) is 26.7 Å². The predicted octanol–water partition coefficient (Wildman–Crippen LogP) is 3.22. The van der Waals surface area contributed by atoms with E-state index in [9.17, 15) is 8.78 Å². The number of hydrogen-bond donors (Lipinski definition) is 3. The van der Waals surface area contributed by atoms with Gasteiger partial charge in [0.2, 0.25) is 0 Å². The first-order valence-corrected chi connectivity index (χ1v) is 6.49. The molecule has 1 aromatic carbocycles. The second-order valence-corrected chi connectivity index (χ2v) is 4.95. The Balaban J connectivity index is 2.47. The third-order valence-corrected chi connectivity index (χ3v) is 3.00. The van der Waals surface area contributed by atoms with Gasteiger partial charge < -0.3 is 10.7 Å². The normalized spacial score (nSPS) is 10.8. The van der Waals surface area contributed by atoms with Gasteiger partial charge in [0.25, 0.3) is 0 Å². The summed E-state index contributed by atoms with van der Waals surface area (Å²) in [5.41, 5.74) is 3.11. The second-order valence-electron chi connectivity index (χ2n) is 4.95. The van der Waals surface area contributed by atoms with Gasteiger partial charge in [0.1, 0.15) is 29.1 Å². The molecular weight excluding hydrogens is 276 g/mol. The van der Waals surface area contributed by atoms with Gasteiger partial charge >= 0.3 is 0 Å². The van der Waals surface area contributed by atoms with E-state index in [0.29, 0.717) is 23.0 Å². The van der Waals surface area contributed by atoms with Crippen LogP contribution in [0.25, 0.3) is 0 Å². The lowest BCUT2D eigenvalue weighted by Crippen LogP contribution is -2.14. The number of aromatic nitrogens is 2. The van der Waals surface area contributed by atoms with Crippen LogP contribution in [0.5, 0.6) is 0 Å². The van der Waals surface area contributed by atoms with E-state index in [1.807, 2.05) is 13.8 Å². The quantitative estimate of drug-likeness (QED) is 0.596. The number of halogens is 2. The summed E-state index contributed by atoms with van der Waals surface area (Å²) in [6, 6.07) is 3.18. The number of hydrogen-bond acceptors (Lipinski definition) is 5. The third kappa shape index (κ3) is 3.25. The monoisotopic (exact) mass is 293 g/mol. The van der Waals surface area contributed by atoms with Gasteiger partial charge in [-0.05, 0) is 19.1 Å². The highest BCUT2D eigenvalue weighted by Gasteiger charge is 2.14. The minimum absolute atomic E-state index is 0.00878. The Morgan fingerprint density at radius 3 is 2.43 bits per heavy atom. The molecule has 5 nitrogen and oxygen atoms in total. The van der Waals surface area contributed by atoms with Crippen molar-refractivity contribution in [1.29, 1.82) is 0 Å². The molecule has 21 heavy (non-hydrogen) atoms. The van der Waals surface area contributed by atoms with Gasteiger partial charge in [-0.3, -0.25) is 0 Å². The van der Waals surface area contributed by atoms with Crippen LogP contribution in [0.2, 0.25) is 0 Å². The Hall–Kier alpha value is -2.28. The van der Waals surface area contributed by atoms with Crippen molar-refractivity contribution in [3.63, 3.8) is 0 Å². The minimum Gasteiger partial charge on any atom is -0.337 e. The van der Waals surface area contributed by atoms with Gasteiger partial charge in [-0.15, -0.1) is 0 Å². The van der Waals surface area contributed by atoms with E-state index in [0.717, 1.165) is 18.2 Å². The van der Waals surface area contributed by atoms with E-state index >= 15 is 0 Å². The molecule has 0 aliphatic carbocycles. The number of nitrogens with zero attached hydrogens (tertiary/aromatic N) is 2. The van der Waals surface area contributed by atoms with Crippen LogP contribution >= 0.6 is 0 Å².